The monoisotopic (exact) mass is 426 g/mol. The van der Waals surface area contributed by atoms with Crippen molar-refractivity contribution in [3.05, 3.63) is 77.9 Å². The lowest BCUT2D eigenvalue weighted by molar-refractivity contribution is 0.0950. The summed E-state index contributed by atoms with van der Waals surface area (Å²) in [5.41, 5.74) is 1.41. The summed E-state index contributed by atoms with van der Waals surface area (Å²) in [5.74, 6) is -0.480. The van der Waals surface area contributed by atoms with Gasteiger partial charge in [0.1, 0.15) is 5.82 Å². The number of sulfonamides is 1. The highest BCUT2D eigenvalue weighted by atomic mass is 32.2. The summed E-state index contributed by atoms with van der Waals surface area (Å²) in [6.45, 7) is 0.150. The summed E-state index contributed by atoms with van der Waals surface area (Å²) in [6.07, 6.45) is 4.44. The molecule has 1 aliphatic carbocycles. The van der Waals surface area contributed by atoms with E-state index in [1.54, 1.807) is 24.3 Å². The minimum absolute atomic E-state index is 0.0220. The fraction of sp³-hybridized carbons (Fsp3) is 0.190. The van der Waals surface area contributed by atoms with Crippen LogP contribution >= 0.6 is 0 Å². The Labute approximate surface area is 173 Å². The second-order valence-electron chi connectivity index (χ2n) is 7.03. The van der Waals surface area contributed by atoms with Crippen molar-refractivity contribution >= 4 is 15.9 Å². The van der Waals surface area contributed by atoms with Gasteiger partial charge in [-0.3, -0.25) is 4.79 Å². The first kappa shape index (κ1) is 20.1. The molecule has 154 valence electrons. The molecule has 0 radical (unpaired) electrons. The number of benzene rings is 2. The van der Waals surface area contributed by atoms with Crippen LogP contribution in [-0.4, -0.2) is 30.3 Å². The quantitative estimate of drug-likeness (QED) is 0.605. The van der Waals surface area contributed by atoms with Gasteiger partial charge in [0.25, 0.3) is 5.91 Å². The molecule has 1 amide bonds. The molecule has 0 aliphatic heterocycles. The molecule has 2 aromatic carbocycles. The van der Waals surface area contributed by atoms with Gasteiger partial charge in [-0.2, -0.15) is 0 Å². The SMILES string of the molecule is O=C(NCc1cccc(S(=O)(=O)NC2CC2)c1)c1cnc(-c2cccc(F)c2)nc1. The highest BCUT2D eigenvalue weighted by molar-refractivity contribution is 7.89. The van der Waals surface area contributed by atoms with Crippen molar-refractivity contribution < 1.29 is 17.6 Å². The molecule has 0 atom stereocenters. The standard InChI is InChI=1S/C21H19FN4O3S/c22-17-5-2-4-15(10-17)20-23-12-16(13-24-20)21(27)25-11-14-3-1-6-19(9-14)30(28,29)26-18-7-8-18/h1-6,9-10,12-13,18,26H,7-8,11H2,(H,25,27). The maximum absolute atomic E-state index is 13.3. The van der Waals surface area contributed by atoms with Gasteiger partial charge < -0.3 is 5.32 Å². The van der Waals surface area contributed by atoms with E-state index >= 15 is 0 Å². The number of nitrogens with zero attached hydrogens (tertiary/aromatic N) is 2. The van der Waals surface area contributed by atoms with Crippen LogP contribution in [0.3, 0.4) is 0 Å². The normalized spacial score (nSPS) is 13.8. The Kier molecular flexibility index (Phi) is 5.56. The van der Waals surface area contributed by atoms with Gasteiger partial charge in [-0.05, 0) is 42.7 Å². The molecule has 1 aliphatic rings. The van der Waals surface area contributed by atoms with Crippen molar-refractivity contribution in [2.75, 3.05) is 0 Å². The molecule has 0 saturated heterocycles. The van der Waals surface area contributed by atoms with Crippen molar-refractivity contribution in [3.63, 3.8) is 0 Å². The summed E-state index contributed by atoms with van der Waals surface area (Å²) < 4.78 is 40.6. The van der Waals surface area contributed by atoms with Gasteiger partial charge in [0.15, 0.2) is 5.82 Å². The van der Waals surface area contributed by atoms with E-state index in [-0.39, 0.29) is 23.0 Å². The van der Waals surface area contributed by atoms with Gasteiger partial charge in [-0.15, -0.1) is 0 Å². The van der Waals surface area contributed by atoms with E-state index in [2.05, 4.69) is 20.0 Å². The molecular weight excluding hydrogens is 407 g/mol. The molecule has 2 N–H and O–H groups in total. The first-order chi connectivity index (χ1) is 14.4. The Morgan fingerprint density at radius 3 is 2.50 bits per heavy atom. The van der Waals surface area contributed by atoms with E-state index in [4.69, 9.17) is 0 Å². The van der Waals surface area contributed by atoms with Crippen LogP contribution in [0.2, 0.25) is 0 Å². The number of amides is 1. The van der Waals surface area contributed by atoms with Crippen LogP contribution in [0.25, 0.3) is 11.4 Å². The van der Waals surface area contributed by atoms with Crippen LogP contribution in [0.1, 0.15) is 28.8 Å². The molecule has 1 aromatic heterocycles. The Hall–Kier alpha value is -3.17. The third-order valence-corrected chi connectivity index (χ3v) is 6.08. The molecule has 1 saturated carbocycles. The van der Waals surface area contributed by atoms with E-state index in [9.17, 15) is 17.6 Å². The smallest absolute Gasteiger partial charge is 0.254 e. The zero-order valence-electron chi connectivity index (χ0n) is 15.9. The van der Waals surface area contributed by atoms with Gasteiger partial charge in [-0.25, -0.2) is 27.5 Å². The lowest BCUT2D eigenvalue weighted by Crippen LogP contribution is -2.26. The average molecular weight is 426 g/mol. The van der Waals surface area contributed by atoms with Crippen molar-refractivity contribution in [3.8, 4) is 11.4 Å². The average Bonchev–Trinajstić information content (AvgIpc) is 3.56. The van der Waals surface area contributed by atoms with Crippen molar-refractivity contribution in [2.45, 2.75) is 30.3 Å². The van der Waals surface area contributed by atoms with E-state index in [0.717, 1.165) is 12.8 Å². The summed E-state index contributed by atoms with van der Waals surface area (Å²) in [4.78, 5) is 20.8. The zero-order valence-corrected chi connectivity index (χ0v) is 16.7. The minimum Gasteiger partial charge on any atom is -0.348 e. The number of nitrogens with one attached hydrogen (secondary N) is 2. The Balaban J connectivity index is 1.40. The lowest BCUT2D eigenvalue weighted by atomic mass is 10.2. The second kappa shape index (κ2) is 8.29. The first-order valence-corrected chi connectivity index (χ1v) is 10.9. The highest BCUT2D eigenvalue weighted by Gasteiger charge is 2.28. The number of hydrogen-bond acceptors (Lipinski definition) is 5. The van der Waals surface area contributed by atoms with Crippen LogP contribution in [0, 0.1) is 5.82 Å². The van der Waals surface area contributed by atoms with Crippen LogP contribution in [0.15, 0.2) is 65.8 Å². The van der Waals surface area contributed by atoms with Crippen LogP contribution in [0.4, 0.5) is 4.39 Å². The number of carbonyl (C=O) groups excluding carboxylic acids is 1. The van der Waals surface area contributed by atoms with Crippen LogP contribution in [0.5, 0.6) is 0 Å². The first-order valence-electron chi connectivity index (χ1n) is 9.38. The number of carbonyl (C=O) groups is 1. The summed E-state index contributed by atoms with van der Waals surface area (Å²) in [7, 11) is -3.55. The lowest BCUT2D eigenvalue weighted by Gasteiger charge is -2.09. The topological polar surface area (TPSA) is 101 Å². The second-order valence-corrected chi connectivity index (χ2v) is 8.75. The summed E-state index contributed by atoms with van der Waals surface area (Å²) in [5, 5.41) is 2.72. The molecule has 30 heavy (non-hydrogen) atoms. The van der Waals surface area contributed by atoms with E-state index in [1.165, 1.54) is 36.7 Å². The van der Waals surface area contributed by atoms with Crippen LogP contribution in [-0.2, 0) is 16.6 Å². The fourth-order valence-electron chi connectivity index (χ4n) is 2.82. The molecule has 1 fully saturated rings. The number of hydrogen-bond donors (Lipinski definition) is 2. The van der Waals surface area contributed by atoms with E-state index in [1.807, 2.05) is 0 Å². The maximum atomic E-state index is 13.3. The zero-order chi connectivity index (χ0) is 21.1. The minimum atomic E-state index is -3.55. The number of halogens is 1. The largest absolute Gasteiger partial charge is 0.348 e. The molecule has 0 spiro atoms. The molecular formula is C21H19FN4O3S. The fourth-order valence-corrected chi connectivity index (χ4v) is 4.19. The molecule has 7 nitrogen and oxygen atoms in total. The third kappa shape index (κ3) is 4.87. The molecule has 1 heterocycles. The van der Waals surface area contributed by atoms with E-state index in [0.29, 0.717) is 17.0 Å². The Bertz CT molecular complexity index is 1180. The van der Waals surface area contributed by atoms with Crippen molar-refractivity contribution in [1.82, 2.24) is 20.0 Å². The van der Waals surface area contributed by atoms with E-state index < -0.39 is 21.7 Å². The number of rotatable bonds is 7. The van der Waals surface area contributed by atoms with Gasteiger partial charge in [0.05, 0.1) is 10.5 Å². The predicted molar refractivity (Wildman–Crippen MR) is 108 cm³/mol. The summed E-state index contributed by atoms with van der Waals surface area (Å²) >= 11 is 0. The predicted octanol–water partition coefficient (Wildman–Crippen LogP) is 2.65. The van der Waals surface area contributed by atoms with Gasteiger partial charge in [0, 0.05) is 30.5 Å². The molecule has 9 heteroatoms. The molecule has 0 bridgehead atoms. The van der Waals surface area contributed by atoms with Gasteiger partial charge in [-0.1, -0.05) is 24.3 Å². The van der Waals surface area contributed by atoms with Gasteiger partial charge >= 0.3 is 0 Å². The maximum Gasteiger partial charge on any atom is 0.254 e. The molecule has 0 unspecified atom stereocenters. The summed E-state index contributed by atoms with van der Waals surface area (Å²) in [6, 6.07) is 12.3. The van der Waals surface area contributed by atoms with Crippen molar-refractivity contribution in [1.29, 1.82) is 0 Å². The van der Waals surface area contributed by atoms with Gasteiger partial charge in [0.2, 0.25) is 10.0 Å². The Morgan fingerprint density at radius 2 is 1.80 bits per heavy atom. The van der Waals surface area contributed by atoms with Crippen LogP contribution < -0.4 is 10.0 Å². The molecule has 4 rings (SSSR count). The number of aromatic nitrogens is 2. The van der Waals surface area contributed by atoms with Crippen molar-refractivity contribution in [2.24, 2.45) is 0 Å². The Morgan fingerprint density at radius 1 is 1.07 bits per heavy atom. The highest BCUT2D eigenvalue weighted by Crippen LogP contribution is 2.22. The molecule has 3 aromatic rings. The third-order valence-electron chi connectivity index (χ3n) is 4.56.